The number of hydrogen-bond acceptors (Lipinski definition) is 2. The van der Waals surface area contributed by atoms with Crippen LogP contribution in [-0.4, -0.2) is 19.3 Å². The summed E-state index contributed by atoms with van der Waals surface area (Å²) < 4.78 is 41.7. The van der Waals surface area contributed by atoms with Crippen LogP contribution in [0.2, 0.25) is 0 Å². The van der Waals surface area contributed by atoms with Crippen LogP contribution < -0.4 is 10.1 Å². The Bertz CT molecular complexity index is 459. The van der Waals surface area contributed by atoms with E-state index in [4.69, 9.17) is 4.74 Å². The zero-order valence-corrected chi connectivity index (χ0v) is 12.3. The van der Waals surface area contributed by atoms with Crippen LogP contribution in [0.5, 0.6) is 5.75 Å². The van der Waals surface area contributed by atoms with Crippen LogP contribution in [0.4, 0.5) is 13.2 Å². The van der Waals surface area contributed by atoms with E-state index in [9.17, 15) is 13.2 Å². The lowest BCUT2D eigenvalue weighted by atomic mass is 10.0. The number of benzene rings is 1. The van der Waals surface area contributed by atoms with Crippen molar-refractivity contribution in [2.45, 2.75) is 51.2 Å². The molecule has 21 heavy (non-hydrogen) atoms. The molecule has 1 atom stereocenters. The Balaban J connectivity index is 1.80. The second-order valence-electron chi connectivity index (χ2n) is 5.45. The maximum atomic E-state index is 12.1. The summed E-state index contributed by atoms with van der Waals surface area (Å²) in [5, 5.41) is 3.35. The molecule has 1 aromatic rings. The van der Waals surface area contributed by atoms with Crippen LogP contribution in [0.15, 0.2) is 18.2 Å². The van der Waals surface area contributed by atoms with Crippen LogP contribution in [0, 0.1) is 0 Å². The van der Waals surface area contributed by atoms with Crippen molar-refractivity contribution in [1.29, 1.82) is 0 Å². The van der Waals surface area contributed by atoms with Crippen molar-refractivity contribution in [3.05, 3.63) is 29.3 Å². The Kier molecular flexibility index (Phi) is 5.51. The Morgan fingerprint density at radius 1 is 1.29 bits per heavy atom. The SMILES string of the molecule is CCC(NCCCCC(F)(F)F)c1ccc2c(c1)CCO2. The average molecular weight is 301 g/mol. The van der Waals surface area contributed by atoms with Gasteiger partial charge < -0.3 is 10.1 Å². The molecule has 1 heterocycles. The molecule has 1 N–H and O–H groups in total. The Morgan fingerprint density at radius 3 is 2.81 bits per heavy atom. The lowest BCUT2D eigenvalue weighted by molar-refractivity contribution is -0.135. The van der Waals surface area contributed by atoms with E-state index in [1.807, 2.05) is 12.1 Å². The van der Waals surface area contributed by atoms with Gasteiger partial charge in [-0.3, -0.25) is 0 Å². The van der Waals surface area contributed by atoms with Crippen molar-refractivity contribution in [2.75, 3.05) is 13.2 Å². The van der Waals surface area contributed by atoms with E-state index in [2.05, 4.69) is 18.3 Å². The molecule has 0 amide bonds. The molecule has 1 unspecified atom stereocenters. The lowest BCUT2D eigenvalue weighted by Crippen LogP contribution is -2.22. The minimum Gasteiger partial charge on any atom is -0.493 e. The molecule has 0 saturated carbocycles. The Labute approximate surface area is 123 Å². The van der Waals surface area contributed by atoms with Crippen molar-refractivity contribution >= 4 is 0 Å². The van der Waals surface area contributed by atoms with E-state index in [0.717, 1.165) is 25.2 Å². The first-order valence-electron chi connectivity index (χ1n) is 7.55. The van der Waals surface area contributed by atoms with Crippen molar-refractivity contribution in [2.24, 2.45) is 0 Å². The number of halogens is 3. The Hall–Kier alpha value is -1.23. The molecule has 1 aliphatic rings. The summed E-state index contributed by atoms with van der Waals surface area (Å²) >= 11 is 0. The molecule has 0 spiro atoms. The lowest BCUT2D eigenvalue weighted by Gasteiger charge is -2.18. The third-order valence-electron chi connectivity index (χ3n) is 3.80. The smallest absolute Gasteiger partial charge is 0.389 e. The number of hydrogen-bond donors (Lipinski definition) is 1. The molecule has 0 aromatic heterocycles. The first kappa shape index (κ1) is 16.1. The molecule has 0 bridgehead atoms. The second-order valence-corrected chi connectivity index (χ2v) is 5.45. The minimum atomic E-state index is -4.04. The van der Waals surface area contributed by atoms with Crippen LogP contribution >= 0.6 is 0 Å². The van der Waals surface area contributed by atoms with E-state index >= 15 is 0 Å². The maximum absolute atomic E-state index is 12.1. The molecule has 0 saturated heterocycles. The summed E-state index contributed by atoms with van der Waals surface area (Å²) in [4.78, 5) is 0. The molecule has 1 aliphatic heterocycles. The van der Waals surface area contributed by atoms with Gasteiger partial charge in [-0.25, -0.2) is 0 Å². The first-order chi connectivity index (χ1) is 9.99. The highest BCUT2D eigenvalue weighted by Gasteiger charge is 2.25. The van der Waals surface area contributed by atoms with Gasteiger partial charge in [0.15, 0.2) is 0 Å². The van der Waals surface area contributed by atoms with E-state index in [1.54, 1.807) is 0 Å². The minimum absolute atomic E-state index is 0.185. The highest BCUT2D eigenvalue weighted by Crippen LogP contribution is 2.29. The van der Waals surface area contributed by atoms with Gasteiger partial charge in [-0.15, -0.1) is 0 Å². The van der Waals surface area contributed by atoms with Gasteiger partial charge in [0.2, 0.25) is 0 Å². The van der Waals surface area contributed by atoms with Crippen molar-refractivity contribution in [3.8, 4) is 5.75 Å². The zero-order valence-electron chi connectivity index (χ0n) is 12.3. The molecule has 2 nitrogen and oxygen atoms in total. The molecule has 1 aromatic carbocycles. The van der Waals surface area contributed by atoms with Gasteiger partial charge in [-0.05, 0) is 43.0 Å². The Morgan fingerprint density at radius 2 is 2.10 bits per heavy atom. The summed E-state index contributed by atoms with van der Waals surface area (Å²) in [6.45, 7) is 3.43. The maximum Gasteiger partial charge on any atom is 0.389 e. The monoisotopic (exact) mass is 301 g/mol. The zero-order chi connectivity index (χ0) is 15.3. The fourth-order valence-electron chi connectivity index (χ4n) is 2.65. The molecular formula is C16H22F3NO. The first-order valence-corrected chi connectivity index (χ1v) is 7.55. The molecule has 0 radical (unpaired) electrons. The van der Waals surface area contributed by atoms with Gasteiger partial charge in [0.05, 0.1) is 6.61 Å². The van der Waals surface area contributed by atoms with Gasteiger partial charge >= 0.3 is 6.18 Å². The number of unbranched alkanes of at least 4 members (excludes halogenated alkanes) is 1. The third kappa shape index (κ3) is 4.92. The topological polar surface area (TPSA) is 21.3 Å². The molecule has 0 aliphatic carbocycles. The third-order valence-corrected chi connectivity index (χ3v) is 3.80. The van der Waals surface area contributed by atoms with E-state index in [-0.39, 0.29) is 12.5 Å². The predicted octanol–water partition coefficient (Wildman–Crippen LogP) is 4.39. The quantitative estimate of drug-likeness (QED) is 0.754. The highest BCUT2D eigenvalue weighted by molar-refractivity contribution is 5.40. The number of fused-ring (bicyclic) bond motifs is 1. The summed E-state index contributed by atoms with van der Waals surface area (Å²) in [7, 11) is 0. The van der Waals surface area contributed by atoms with Crippen LogP contribution in [0.25, 0.3) is 0 Å². The van der Waals surface area contributed by atoms with Crippen LogP contribution in [0.1, 0.15) is 49.8 Å². The summed E-state index contributed by atoms with van der Waals surface area (Å²) in [6.07, 6.45) is -2.15. The van der Waals surface area contributed by atoms with Gasteiger partial charge in [0.1, 0.15) is 5.75 Å². The normalized spacial score (nSPS) is 15.6. The van der Waals surface area contributed by atoms with Gasteiger partial charge in [-0.1, -0.05) is 19.1 Å². The molecule has 5 heteroatoms. The molecule has 118 valence electrons. The van der Waals surface area contributed by atoms with E-state index < -0.39 is 12.6 Å². The fraction of sp³-hybridized carbons (Fsp3) is 0.625. The number of rotatable bonds is 7. The molecule has 2 rings (SSSR count). The largest absolute Gasteiger partial charge is 0.493 e. The summed E-state index contributed by atoms with van der Waals surface area (Å²) in [5.41, 5.74) is 2.42. The molecule has 0 fully saturated rings. The molecular weight excluding hydrogens is 279 g/mol. The van der Waals surface area contributed by atoms with E-state index in [1.165, 1.54) is 11.1 Å². The van der Waals surface area contributed by atoms with Crippen LogP contribution in [0.3, 0.4) is 0 Å². The fourth-order valence-corrected chi connectivity index (χ4v) is 2.65. The van der Waals surface area contributed by atoms with Crippen LogP contribution in [-0.2, 0) is 6.42 Å². The summed E-state index contributed by atoms with van der Waals surface area (Å²) in [6, 6.07) is 6.38. The predicted molar refractivity (Wildman–Crippen MR) is 76.6 cm³/mol. The average Bonchev–Trinajstić information content (AvgIpc) is 2.89. The number of alkyl halides is 3. The number of nitrogens with one attached hydrogen (secondary N) is 1. The van der Waals surface area contributed by atoms with Gasteiger partial charge in [0, 0.05) is 18.9 Å². The highest BCUT2D eigenvalue weighted by atomic mass is 19.4. The number of ether oxygens (including phenoxy) is 1. The summed E-state index contributed by atoms with van der Waals surface area (Å²) in [5.74, 6) is 0.957. The standard InChI is InChI=1S/C16H22F3NO/c1-2-14(20-9-4-3-8-16(17,18)19)12-5-6-15-13(11-12)7-10-21-15/h5-6,11,14,20H,2-4,7-10H2,1H3. The van der Waals surface area contributed by atoms with Crippen molar-refractivity contribution in [3.63, 3.8) is 0 Å². The van der Waals surface area contributed by atoms with E-state index in [0.29, 0.717) is 13.0 Å². The van der Waals surface area contributed by atoms with Crippen molar-refractivity contribution < 1.29 is 17.9 Å². The van der Waals surface area contributed by atoms with Gasteiger partial charge in [0.25, 0.3) is 0 Å². The van der Waals surface area contributed by atoms with Crippen molar-refractivity contribution in [1.82, 2.24) is 5.32 Å². The second kappa shape index (κ2) is 7.16. The van der Waals surface area contributed by atoms with Gasteiger partial charge in [-0.2, -0.15) is 13.2 Å².